The molecule has 6 heteroatoms. The second-order valence-corrected chi connectivity index (χ2v) is 10.5. The smallest absolute Gasteiger partial charge is 0.234 e. The second kappa shape index (κ2) is 8.05. The van der Waals surface area contributed by atoms with Gasteiger partial charge < -0.3 is 10.6 Å². The average Bonchev–Trinajstić information content (AvgIpc) is 2.65. The number of benzene rings is 1. The quantitative estimate of drug-likeness (QED) is 0.715. The Labute approximate surface area is 170 Å². The van der Waals surface area contributed by atoms with Crippen LogP contribution in [0.15, 0.2) is 24.3 Å². The van der Waals surface area contributed by atoms with Gasteiger partial charge in [-0.05, 0) is 92.9 Å². The van der Waals surface area contributed by atoms with Crippen LogP contribution in [0.2, 0.25) is 0 Å². The Morgan fingerprint density at radius 3 is 2.25 bits per heavy atom. The summed E-state index contributed by atoms with van der Waals surface area (Å²) in [7, 11) is 0. The van der Waals surface area contributed by atoms with Crippen molar-refractivity contribution in [3.63, 3.8) is 0 Å². The molecule has 4 aliphatic rings. The van der Waals surface area contributed by atoms with Crippen LogP contribution in [0, 0.1) is 29.0 Å². The minimum absolute atomic E-state index is 0.0235. The largest absolute Gasteiger partial charge is 0.355 e. The summed E-state index contributed by atoms with van der Waals surface area (Å²) in [5.41, 5.74) is 0.889. The maximum atomic E-state index is 12.9. The van der Waals surface area contributed by atoms with Crippen LogP contribution in [0.5, 0.6) is 0 Å². The summed E-state index contributed by atoms with van der Waals surface area (Å²) in [6, 6.07) is 5.67. The molecule has 0 heterocycles. The van der Waals surface area contributed by atoms with Gasteiger partial charge in [-0.15, -0.1) is 11.8 Å². The summed E-state index contributed by atoms with van der Waals surface area (Å²) in [5, 5.41) is 5.64. The topological polar surface area (TPSA) is 58.2 Å². The van der Waals surface area contributed by atoms with Gasteiger partial charge in [0.25, 0.3) is 0 Å². The molecule has 1 aromatic rings. The van der Waals surface area contributed by atoms with E-state index in [1.54, 1.807) is 0 Å². The van der Waals surface area contributed by atoms with Gasteiger partial charge in [0.15, 0.2) is 0 Å². The zero-order valence-corrected chi connectivity index (χ0v) is 17.2. The van der Waals surface area contributed by atoms with E-state index in [0.717, 1.165) is 24.3 Å². The Bertz CT molecular complexity index is 701. The van der Waals surface area contributed by atoms with Crippen molar-refractivity contribution < 1.29 is 14.0 Å². The molecular weight excluding hydrogens is 375 g/mol. The number of carbonyl (C=O) groups excluding carboxylic acids is 2. The highest BCUT2D eigenvalue weighted by Gasteiger charge is 2.50. The number of halogens is 1. The van der Waals surface area contributed by atoms with Crippen molar-refractivity contribution >= 4 is 29.3 Å². The van der Waals surface area contributed by atoms with Crippen LogP contribution < -0.4 is 10.6 Å². The fourth-order valence-corrected chi connectivity index (χ4v) is 6.64. The number of thioether (sulfide) groups is 1. The molecule has 0 spiro atoms. The maximum absolute atomic E-state index is 12.9. The number of hydrogen-bond donors (Lipinski definition) is 2. The number of hydrogen-bond acceptors (Lipinski definition) is 3. The minimum atomic E-state index is -0.336. The first-order valence-electron chi connectivity index (χ1n) is 10.4. The molecule has 4 aliphatic carbocycles. The van der Waals surface area contributed by atoms with E-state index in [4.69, 9.17) is 0 Å². The molecule has 4 bridgehead atoms. The molecule has 4 nitrogen and oxygen atoms in total. The second-order valence-electron chi connectivity index (χ2n) is 9.14. The first-order valence-corrected chi connectivity index (χ1v) is 11.4. The van der Waals surface area contributed by atoms with Crippen LogP contribution in [0.1, 0.15) is 45.4 Å². The van der Waals surface area contributed by atoms with E-state index in [-0.39, 0.29) is 28.6 Å². The van der Waals surface area contributed by atoms with E-state index in [9.17, 15) is 14.0 Å². The zero-order chi connectivity index (χ0) is 19.7. The number of nitrogens with one attached hydrogen (secondary N) is 2. The van der Waals surface area contributed by atoms with Crippen molar-refractivity contribution in [2.75, 3.05) is 17.6 Å². The molecule has 4 saturated carbocycles. The molecule has 2 amide bonds. The molecule has 0 saturated heterocycles. The summed E-state index contributed by atoms with van der Waals surface area (Å²) >= 11 is 1.33. The van der Waals surface area contributed by atoms with Crippen molar-refractivity contribution in [2.45, 2.75) is 50.7 Å². The van der Waals surface area contributed by atoms with Crippen LogP contribution in [0.4, 0.5) is 10.1 Å². The van der Waals surface area contributed by atoms with Gasteiger partial charge in [-0.2, -0.15) is 0 Å². The zero-order valence-electron chi connectivity index (χ0n) is 16.4. The molecule has 1 atom stereocenters. The number of carbonyl (C=O) groups is 2. The van der Waals surface area contributed by atoms with Gasteiger partial charge in [-0.25, -0.2) is 4.39 Å². The molecule has 0 radical (unpaired) electrons. The summed E-state index contributed by atoms with van der Waals surface area (Å²) in [6.07, 6.45) is 8.05. The molecule has 5 rings (SSSR count). The summed E-state index contributed by atoms with van der Waals surface area (Å²) in [4.78, 5) is 24.6. The molecule has 4 fully saturated rings. The van der Waals surface area contributed by atoms with Gasteiger partial charge >= 0.3 is 0 Å². The SMILES string of the molecule is C[C@@H](SCC(=O)Nc1ccc(F)cc1)C(=O)NCC12CC3CC(CC(C3)C1)C2. The Kier molecular flexibility index (Phi) is 5.68. The van der Waals surface area contributed by atoms with Gasteiger partial charge in [-0.1, -0.05) is 0 Å². The Morgan fingerprint density at radius 2 is 1.68 bits per heavy atom. The monoisotopic (exact) mass is 404 g/mol. The lowest BCUT2D eigenvalue weighted by Crippen LogP contribution is -2.51. The molecule has 152 valence electrons. The predicted octanol–water partition coefficient (Wildman–Crippen LogP) is 4.22. The lowest BCUT2D eigenvalue weighted by Gasteiger charge is -2.57. The fraction of sp³-hybridized carbons (Fsp3) is 0.636. The summed E-state index contributed by atoms with van der Waals surface area (Å²) in [5.74, 6) is 2.34. The Morgan fingerprint density at radius 1 is 1.11 bits per heavy atom. The van der Waals surface area contributed by atoms with Crippen LogP contribution in [-0.4, -0.2) is 29.4 Å². The lowest BCUT2D eigenvalue weighted by molar-refractivity contribution is -0.122. The van der Waals surface area contributed by atoms with E-state index in [1.807, 2.05) is 6.92 Å². The fourth-order valence-electron chi connectivity index (χ4n) is 5.93. The van der Waals surface area contributed by atoms with Gasteiger partial charge in [0.1, 0.15) is 5.82 Å². The lowest BCUT2D eigenvalue weighted by atomic mass is 9.49. The third-order valence-electron chi connectivity index (χ3n) is 6.76. The molecule has 2 N–H and O–H groups in total. The predicted molar refractivity (Wildman–Crippen MR) is 111 cm³/mol. The molecule has 0 aliphatic heterocycles. The molecule has 28 heavy (non-hydrogen) atoms. The van der Waals surface area contributed by atoms with Crippen molar-refractivity contribution in [1.82, 2.24) is 5.32 Å². The van der Waals surface area contributed by atoms with Crippen LogP contribution in [0.25, 0.3) is 0 Å². The Hall–Kier alpha value is -1.56. The first-order chi connectivity index (χ1) is 13.4. The van der Waals surface area contributed by atoms with E-state index < -0.39 is 0 Å². The molecular formula is C22H29FN2O2S. The number of anilines is 1. The highest BCUT2D eigenvalue weighted by atomic mass is 32.2. The molecule has 0 aromatic heterocycles. The third-order valence-corrected chi connectivity index (χ3v) is 7.91. The van der Waals surface area contributed by atoms with Crippen LogP contribution in [0.3, 0.4) is 0 Å². The van der Waals surface area contributed by atoms with E-state index in [0.29, 0.717) is 11.1 Å². The van der Waals surface area contributed by atoms with Gasteiger partial charge in [0.2, 0.25) is 11.8 Å². The van der Waals surface area contributed by atoms with E-state index >= 15 is 0 Å². The van der Waals surface area contributed by atoms with Gasteiger partial charge in [0, 0.05) is 12.2 Å². The van der Waals surface area contributed by atoms with E-state index in [1.165, 1.54) is 74.6 Å². The van der Waals surface area contributed by atoms with Crippen molar-refractivity contribution in [2.24, 2.45) is 23.2 Å². The summed E-state index contributed by atoms with van der Waals surface area (Å²) in [6.45, 7) is 2.65. The van der Waals surface area contributed by atoms with Crippen LogP contribution >= 0.6 is 11.8 Å². The Balaban J connectivity index is 1.21. The molecule has 1 aromatic carbocycles. The van der Waals surface area contributed by atoms with Crippen LogP contribution in [-0.2, 0) is 9.59 Å². The van der Waals surface area contributed by atoms with Crippen molar-refractivity contribution in [3.8, 4) is 0 Å². The van der Waals surface area contributed by atoms with Crippen molar-refractivity contribution in [3.05, 3.63) is 30.1 Å². The minimum Gasteiger partial charge on any atom is -0.355 e. The summed E-state index contributed by atoms with van der Waals surface area (Å²) < 4.78 is 12.9. The highest BCUT2D eigenvalue weighted by molar-refractivity contribution is 8.01. The normalized spacial score (nSPS) is 31.4. The van der Waals surface area contributed by atoms with E-state index in [2.05, 4.69) is 10.6 Å². The van der Waals surface area contributed by atoms with Crippen molar-refractivity contribution in [1.29, 1.82) is 0 Å². The van der Waals surface area contributed by atoms with Gasteiger partial charge in [-0.3, -0.25) is 9.59 Å². The van der Waals surface area contributed by atoms with Gasteiger partial charge in [0.05, 0.1) is 11.0 Å². The highest BCUT2D eigenvalue weighted by Crippen LogP contribution is 2.59. The standard InChI is InChI=1S/C22H29FN2O2S/c1-14(28-12-20(26)25-19-4-2-18(23)3-5-19)21(27)24-13-22-9-15-6-16(10-22)8-17(7-15)11-22/h2-5,14-17H,6-13H2,1H3,(H,24,27)(H,25,26)/t14-,15?,16?,17?,22?/m1/s1. The molecule has 0 unspecified atom stereocenters. The first kappa shape index (κ1) is 19.7. The maximum Gasteiger partial charge on any atom is 0.234 e. The average molecular weight is 405 g/mol. The number of amides is 2. The number of rotatable bonds is 7. The third kappa shape index (κ3) is 4.53.